The van der Waals surface area contributed by atoms with E-state index in [4.69, 9.17) is 9.26 Å². The van der Waals surface area contributed by atoms with E-state index in [1.807, 2.05) is 0 Å². The Hall–Kier alpha value is -2.41. The highest BCUT2D eigenvalue weighted by Gasteiger charge is 2.34. The van der Waals surface area contributed by atoms with Gasteiger partial charge in [-0.05, 0) is 38.3 Å². The van der Waals surface area contributed by atoms with Gasteiger partial charge in [0, 0.05) is 12.3 Å². The highest BCUT2D eigenvalue weighted by molar-refractivity contribution is 5.92. The van der Waals surface area contributed by atoms with Gasteiger partial charge in [-0.2, -0.15) is 0 Å². The van der Waals surface area contributed by atoms with Gasteiger partial charge in [0.1, 0.15) is 23.7 Å². The molecular weight excluding hydrogens is 298 g/mol. The summed E-state index contributed by atoms with van der Waals surface area (Å²) in [4.78, 5) is 16.1. The van der Waals surface area contributed by atoms with Crippen molar-refractivity contribution in [2.45, 2.75) is 44.4 Å². The maximum atomic E-state index is 12.1. The maximum Gasteiger partial charge on any atom is 0.273 e. The Morgan fingerprint density at radius 3 is 3.04 bits per heavy atom. The van der Waals surface area contributed by atoms with Gasteiger partial charge in [-0.15, -0.1) is 0 Å². The van der Waals surface area contributed by atoms with Crippen LogP contribution in [0.25, 0.3) is 0 Å². The lowest BCUT2D eigenvalue weighted by atomic mass is 9.89. The standard InChI is InChI=1S/C16H19N3O4/c1-10-8-13(19-23-10)16(21)18-12-5-2-6-14(15(12)20)22-11-4-3-7-17-9-11/h3-4,7-9,12,14-15,20H,2,5-6H2,1H3,(H,18,21)/t12-,14-,15-/m1/s1. The summed E-state index contributed by atoms with van der Waals surface area (Å²) in [6, 6.07) is 4.75. The molecule has 122 valence electrons. The van der Waals surface area contributed by atoms with Crippen LogP contribution in [0.3, 0.4) is 0 Å². The molecule has 1 amide bonds. The molecule has 23 heavy (non-hydrogen) atoms. The van der Waals surface area contributed by atoms with E-state index in [1.54, 1.807) is 37.5 Å². The van der Waals surface area contributed by atoms with Crippen LogP contribution in [0, 0.1) is 6.92 Å². The Kier molecular flexibility index (Phi) is 4.57. The molecule has 0 saturated heterocycles. The molecule has 0 spiro atoms. The lowest BCUT2D eigenvalue weighted by Crippen LogP contribution is -2.52. The molecule has 3 atom stereocenters. The Morgan fingerprint density at radius 2 is 2.35 bits per heavy atom. The van der Waals surface area contributed by atoms with Gasteiger partial charge in [0.05, 0.1) is 12.2 Å². The molecule has 1 aliphatic carbocycles. The van der Waals surface area contributed by atoms with Gasteiger partial charge in [-0.25, -0.2) is 0 Å². The molecule has 1 aliphatic rings. The number of ether oxygens (including phenoxy) is 1. The largest absolute Gasteiger partial charge is 0.486 e. The van der Waals surface area contributed by atoms with Crippen molar-refractivity contribution in [1.29, 1.82) is 0 Å². The van der Waals surface area contributed by atoms with Crippen molar-refractivity contribution in [2.75, 3.05) is 0 Å². The number of aliphatic hydroxyl groups excluding tert-OH is 1. The molecule has 3 rings (SSSR count). The lowest BCUT2D eigenvalue weighted by molar-refractivity contribution is -0.0142. The van der Waals surface area contributed by atoms with Crippen LogP contribution in [0.4, 0.5) is 0 Å². The van der Waals surface area contributed by atoms with Crippen LogP contribution in [0.2, 0.25) is 0 Å². The van der Waals surface area contributed by atoms with Gasteiger partial charge in [0.15, 0.2) is 5.69 Å². The first-order chi connectivity index (χ1) is 11.1. The highest BCUT2D eigenvalue weighted by atomic mass is 16.5. The fourth-order valence-corrected chi connectivity index (χ4v) is 2.73. The van der Waals surface area contributed by atoms with Crippen molar-refractivity contribution < 1.29 is 19.2 Å². The summed E-state index contributed by atoms with van der Waals surface area (Å²) in [5.41, 5.74) is 0.213. The SMILES string of the molecule is Cc1cc(C(=O)N[C@@H]2CCC[C@@H](Oc3cccnc3)[C@@H]2O)no1. The maximum absolute atomic E-state index is 12.1. The van der Waals surface area contributed by atoms with Gasteiger partial charge in [0.25, 0.3) is 5.91 Å². The van der Waals surface area contributed by atoms with Crippen LogP contribution < -0.4 is 10.1 Å². The molecule has 7 nitrogen and oxygen atoms in total. The van der Waals surface area contributed by atoms with Crippen LogP contribution in [-0.4, -0.2) is 39.4 Å². The number of pyridine rings is 1. The summed E-state index contributed by atoms with van der Waals surface area (Å²) in [5, 5.41) is 17.0. The quantitative estimate of drug-likeness (QED) is 0.886. The minimum absolute atomic E-state index is 0.213. The average molecular weight is 317 g/mol. The second-order valence-corrected chi connectivity index (χ2v) is 5.67. The number of aromatic nitrogens is 2. The zero-order valence-electron chi connectivity index (χ0n) is 12.8. The molecule has 2 aromatic heterocycles. The summed E-state index contributed by atoms with van der Waals surface area (Å²) in [5.74, 6) is 0.820. The van der Waals surface area contributed by atoms with E-state index in [0.29, 0.717) is 17.9 Å². The number of nitrogens with one attached hydrogen (secondary N) is 1. The third kappa shape index (κ3) is 3.68. The first kappa shape index (κ1) is 15.5. The number of carbonyl (C=O) groups is 1. The predicted octanol–water partition coefficient (Wildman–Crippen LogP) is 1.47. The van der Waals surface area contributed by atoms with Crippen LogP contribution in [-0.2, 0) is 0 Å². The van der Waals surface area contributed by atoms with E-state index in [0.717, 1.165) is 12.8 Å². The summed E-state index contributed by atoms with van der Waals surface area (Å²) >= 11 is 0. The Bertz CT molecular complexity index is 658. The zero-order valence-corrected chi connectivity index (χ0v) is 12.8. The lowest BCUT2D eigenvalue weighted by Gasteiger charge is -2.35. The molecule has 0 aliphatic heterocycles. The second-order valence-electron chi connectivity index (χ2n) is 5.67. The van der Waals surface area contributed by atoms with E-state index < -0.39 is 6.10 Å². The van der Waals surface area contributed by atoms with Crippen molar-refractivity contribution >= 4 is 5.91 Å². The summed E-state index contributed by atoms with van der Waals surface area (Å²) < 4.78 is 10.7. The monoisotopic (exact) mass is 317 g/mol. The predicted molar refractivity (Wildman–Crippen MR) is 81.0 cm³/mol. The molecule has 0 radical (unpaired) electrons. The van der Waals surface area contributed by atoms with Crippen LogP contribution in [0.1, 0.15) is 35.5 Å². The van der Waals surface area contributed by atoms with Crippen molar-refractivity contribution in [2.24, 2.45) is 0 Å². The van der Waals surface area contributed by atoms with E-state index in [2.05, 4.69) is 15.5 Å². The van der Waals surface area contributed by atoms with Gasteiger partial charge in [0.2, 0.25) is 0 Å². The second kappa shape index (κ2) is 6.78. The number of hydrogen-bond donors (Lipinski definition) is 2. The molecule has 0 bridgehead atoms. The molecule has 2 heterocycles. The number of rotatable bonds is 4. The molecule has 1 saturated carbocycles. The van der Waals surface area contributed by atoms with Gasteiger partial charge >= 0.3 is 0 Å². The first-order valence-corrected chi connectivity index (χ1v) is 7.62. The number of carbonyl (C=O) groups excluding carboxylic acids is 1. The van der Waals surface area contributed by atoms with Crippen LogP contribution in [0.15, 0.2) is 35.1 Å². The molecule has 2 aromatic rings. The number of hydrogen-bond acceptors (Lipinski definition) is 6. The molecule has 0 unspecified atom stereocenters. The van der Waals surface area contributed by atoms with E-state index >= 15 is 0 Å². The number of aliphatic hydroxyl groups is 1. The number of aryl methyl sites for hydroxylation is 1. The van der Waals surface area contributed by atoms with Crippen molar-refractivity contribution in [1.82, 2.24) is 15.5 Å². The van der Waals surface area contributed by atoms with Crippen molar-refractivity contribution in [3.05, 3.63) is 42.0 Å². The van der Waals surface area contributed by atoms with E-state index in [-0.39, 0.29) is 23.7 Å². The van der Waals surface area contributed by atoms with E-state index in [9.17, 15) is 9.90 Å². The third-order valence-electron chi connectivity index (χ3n) is 3.90. The summed E-state index contributed by atoms with van der Waals surface area (Å²) in [6.45, 7) is 1.72. The Morgan fingerprint density at radius 1 is 1.48 bits per heavy atom. The Balaban J connectivity index is 1.63. The van der Waals surface area contributed by atoms with E-state index in [1.165, 1.54) is 0 Å². The topological polar surface area (TPSA) is 97.5 Å². The molecule has 2 N–H and O–H groups in total. The molecule has 0 aromatic carbocycles. The molecular formula is C16H19N3O4. The molecule has 1 fully saturated rings. The fourth-order valence-electron chi connectivity index (χ4n) is 2.73. The zero-order chi connectivity index (χ0) is 16.2. The summed E-state index contributed by atoms with van der Waals surface area (Å²) in [6.07, 6.45) is 4.37. The smallest absolute Gasteiger partial charge is 0.273 e. The van der Waals surface area contributed by atoms with Crippen LogP contribution >= 0.6 is 0 Å². The van der Waals surface area contributed by atoms with Gasteiger partial charge in [-0.3, -0.25) is 9.78 Å². The van der Waals surface area contributed by atoms with Crippen molar-refractivity contribution in [3.63, 3.8) is 0 Å². The minimum Gasteiger partial charge on any atom is -0.486 e. The van der Waals surface area contributed by atoms with Crippen molar-refractivity contribution in [3.8, 4) is 5.75 Å². The molecule has 7 heteroatoms. The van der Waals surface area contributed by atoms with Gasteiger partial charge in [-0.1, -0.05) is 5.16 Å². The first-order valence-electron chi connectivity index (χ1n) is 7.62. The number of nitrogens with zero attached hydrogens (tertiary/aromatic N) is 2. The number of amides is 1. The summed E-state index contributed by atoms with van der Waals surface area (Å²) in [7, 11) is 0. The van der Waals surface area contributed by atoms with Crippen LogP contribution in [0.5, 0.6) is 5.75 Å². The normalized spacial score (nSPS) is 24.2. The fraction of sp³-hybridized carbons (Fsp3) is 0.438. The highest BCUT2D eigenvalue weighted by Crippen LogP contribution is 2.24. The van der Waals surface area contributed by atoms with Gasteiger partial charge < -0.3 is 19.7 Å². The third-order valence-corrected chi connectivity index (χ3v) is 3.90. The Labute approximate surface area is 133 Å². The average Bonchev–Trinajstić information content (AvgIpc) is 2.99. The minimum atomic E-state index is -0.791.